The molecule has 29 heavy (non-hydrogen) atoms. The van der Waals surface area contributed by atoms with Crippen molar-refractivity contribution in [2.24, 2.45) is 0 Å². The summed E-state index contributed by atoms with van der Waals surface area (Å²) >= 11 is 0. The summed E-state index contributed by atoms with van der Waals surface area (Å²) in [6, 6.07) is 20.5. The highest BCUT2D eigenvalue weighted by molar-refractivity contribution is 6.00. The van der Waals surface area contributed by atoms with E-state index in [1.807, 2.05) is 54.6 Å². The number of hydrogen-bond acceptors (Lipinski definition) is 4. The molecule has 0 atom stereocenters. The molecule has 1 saturated heterocycles. The van der Waals surface area contributed by atoms with Gasteiger partial charge in [0.15, 0.2) is 0 Å². The number of hydrogen-bond donors (Lipinski definition) is 3. The smallest absolute Gasteiger partial charge is 0.323 e. The second kappa shape index (κ2) is 8.75. The number of amides is 2. The fourth-order valence-corrected chi connectivity index (χ4v) is 3.53. The van der Waals surface area contributed by atoms with Crippen LogP contribution in [-0.4, -0.2) is 29.2 Å². The van der Waals surface area contributed by atoms with Crippen molar-refractivity contribution in [3.05, 3.63) is 72.3 Å². The first-order valence-electron chi connectivity index (χ1n) is 9.82. The largest absolute Gasteiger partial charge is 0.392 e. The SMILES string of the molecule is O=C(Nc1cccc(-c2cccc(N3CCCC3)n2)c1)Nc1ccccc1CO. The van der Waals surface area contributed by atoms with Crippen LogP contribution in [0.4, 0.5) is 22.0 Å². The highest BCUT2D eigenvalue weighted by Crippen LogP contribution is 2.25. The lowest BCUT2D eigenvalue weighted by atomic mass is 10.1. The van der Waals surface area contributed by atoms with Crippen LogP contribution in [-0.2, 0) is 6.61 Å². The molecule has 148 valence electrons. The molecule has 1 aromatic heterocycles. The first-order chi connectivity index (χ1) is 14.2. The minimum absolute atomic E-state index is 0.134. The quantitative estimate of drug-likeness (QED) is 0.602. The van der Waals surface area contributed by atoms with Gasteiger partial charge in [-0.25, -0.2) is 9.78 Å². The molecule has 6 nitrogen and oxygen atoms in total. The third kappa shape index (κ3) is 4.55. The Balaban J connectivity index is 1.49. The van der Waals surface area contributed by atoms with Crippen LogP contribution >= 0.6 is 0 Å². The van der Waals surface area contributed by atoms with Crippen LogP contribution in [0.5, 0.6) is 0 Å². The number of aromatic nitrogens is 1. The summed E-state index contributed by atoms with van der Waals surface area (Å²) in [6.45, 7) is 1.96. The van der Waals surface area contributed by atoms with Gasteiger partial charge in [-0.1, -0.05) is 36.4 Å². The van der Waals surface area contributed by atoms with Gasteiger partial charge in [0.25, 0.3) is 0 Å². The molecule has 6 heteroatoms. The van der Waals surface area contributed by atoms with E-state index in [2.05, 4.69) is 15.5 Å². The zero-order valence-corrected chi connectivity index (χ0v) is 16.1. The zero-order valence-electron chi connectivity index (χ0n) is 16.1. The zero-order chi connectivity index (χ0) is 20.1. The Labute approximate surface area is 170 Å². The number of benzene rings is 2. The number of urea groups is 1. The van der Waals surface area contributed by atoms with Gasteiger partial charge < -0.3 is 20.6 Å². The van der Waals surface area contributed by atoms with Gasteiger partial charge in [0.2, 0.25) is 0 Å². The molecular formula is C23H24N4O2. The molecule has 1 fully saturated rings. The maximum Gasteiger partial charge on any atom is 0.323 e. The Hall–Kier alpha value is -3.38. The van der Waals surface area contributed by atoms with Crippen LogP contribution in [0.15, 0.2) is 66.7 Å². The number of carbonyl (C=O) groups excluding carboxylic acids is 1. The van der Waals surface area contributed by atoms with E-state index in [0.717, 1.165) is 30.2 Å². The molecule has 2 amide bonds. The second-order valence-electron chi connectivity index (χ2n) is 7.05. The van der Waals surface area contributed by atoms with Crippen molar-refractivity contribution in [1.29, 1.82) is 0 Å². The summed E-state index contributed by atoms with van der Waals surface area (Å²) in [4.78, 5) is 19.5. The first-order valence-corrected chi connectivity index (χ1v) is 9.82. The third-order valence-electron chi connectivity index (χ3n) is 5.02. The number of carbonyl (C=O) groups is 1. The van der Waals surface area contributed by atoms with Crippen LogP contribution in [0.1, 0.15) is 18.4 Å². The molecule has 4 rings (SSSR count). The average Bonchev–Trinajstić information content (AvgIpc) is 3.29. The van der Waals surface area contributed by atoms with Crippen LogP contribution in [0.3, 0.4) is 0 Å². The van der Waals surface area contributed by atoms with E-state index >= 15 is 0 Å². The Morgan fingerprint density at radius 3 is 2.59 bits per heavy atom. The number of aliphatic hydroxyl groups is 1. The Kier molecular flexibility index (Phi) is 5.72. The highest BCUT2D eigenvalue weighted by atomic mass is 16.3. The molecule has 3 aromatic rings. The molecule has 2 heterocycles. The topological polar surface area (TPSA) is 77.5 Å². The number of aliphatic hydroxyl groups excluding tert-OH is 1. The van der Waals surface area contributed by atoms with Gasteiger partial charge in [-0.05, 0) is 43.2 Å². The number of nitrogens with zero attached hydrogens (tertiary/aromatic N) is 2. The Morgan fingerprint density at radius 1 is 0.966 bits per heavy atom. The molecule has 1 aliphatic heterocycles. The molecule has 3 N–H and O–H groups in total. The van der Waals surface area contributed by atoms with E-state index in [9.17, 15) is 9.90 Å². The molecule has 0 radical (unpaired) electrons. The lowest BCUT2D eigenvalue weighted by molar-refractivity contribution is 0.262. The van der Waals surface area contributed by atoms with E-state index in [4.69, 9.17) is 4.98 Å². The predicted octanol–water partition coefficient (Wildman–Crippen LogP) is 4.49. The maximum absolute atomic E-state index is 12.4. The number of nitrogens with one attached hydrogen (secondary N) is 2. The van der Waals surface area contributed by atoms with Crippen LogP contribution in [0, 0.1) is 0 Å². The van der Waals surface area contributed by atoms with E-state index in [1.165, 1.54) is 12.8 Å². The van der Waals surface area contributed by atoms with E-state index in [0.29, 0.717) is 16.9 Å². The summed E-state index contributed by atoms with van der Waals surface area (Å²) < 4.78 is 0. The third-order valence-corrected chi connectivity index (χ3v) is 5.02. The van der Waals surface area contributed by atoms with Crippen molar-refractivity contribution in [3.8, 4) is 11.3 Å². The molecule has 0 saturated carbocycles. The van der Waals surface area contributed by atoms with Gasteiger partial charge in [-0.15, -0.1) is 0 Å². The summed E-state index contributed by atoms with van der Waals surface area (Å²) in [7, 11) is 0. The van der Waals surface area contributed by atoms with E-state index < -0.39 is 0 Å². The summed E-state index contributed by atoms with van der Waals surface area (Å²) in [6.07, 6.45) is 2.42. The first kappa shape index (κ1) is 19.0. The fourth-order valence-electron chi connectivity index (χ4n) is 3.53. The van der Waals surface area contributed by atoms with Crippen molar-refractivity contribution in [1.82, 2.24) is 4.98 Å². The minimum atomic E-state index is -0.359. The van der Waals surface area contributed by atoms with E-state index in [-0.39, 0.29) is 12.6 Å². The summed E-state index contributed by atoms with van der Waals surface area (Å²) in [5, 5.41) is 15.0. The van der Waals surface area contributed by atoms with Gasteiger partial charge in [-0.3, -0.25) is 0 Å². The van der Waals surface area contributed by atoms with E-state index in [1.54, 1.807) is 12.1 Å². The van der Waals surface area contributed by atoms with Gasteiger partial charge in [-0.2, -0.15) is 0 Å². The van der Waals surface area contributed by atoms with Crippen molar-refractivity contribution >= 4 is 23.2 Å². The molecule has 0 bridgehead atoms. The number of para-hydroxylation sites is 1. The van der Waals surface area contributed by atoms with Crippen molar-refractivity contribution in [2.75, 3.05) is 28.6 Å². The van der Waals surface area contributed by atoms with Crippen molar-refractivity contribution in [2.45, 2.75) is 19.4 Å². The van der Waals surface area contributed by atoms with Crippen molar-refractivity contribution < 1.29 is 9.90 Å². The fraction of sp³-hybridized carbons (Fsp3) is 0.217. The molecule has 0 aliphatic carbocycles. The van der Waals surface area contributed by atoms with Gasteiger partial charge in [0, 0.05) is 35.6 Å². The normalized spacial score (nSPS) is 13.3. The van der Waals surface area contributed by atoms with Crippen LogP contribution < -0.4 is 15.5 Å². The van der Waals surface area contributed by atoms with Crippen molar-refractivity contribution in [3.63, 3.8) is 0 Å². The molecule has 0 unspecified atom stereocenters. The van der Waals surface area contributed by atoms with Gasteiger partial charge in [0.05, 0.1) is 12.3 Å². The van der Waals surface area contributed by atoms with Gasteiger partial charge in [0.1, 0.15) is 5.82 Å². The lowest BCUT2D eigenvalue weighted by Crippen LogP contribution is -2.20. The Morgan fingerprint density at radius 2 is 1.76 bits per heavy atom. The maximum atomic E-state index is 12.4. The molecule has 0 spiro atoms. The molecule has 1 aliphatic rings. The minimum Gasteiger partial charge on any atom is -0.392 e. The molecular weight excluding hydrogens is 364 g/mol. The highest BCUT2D eigenvalue weighted by Gasteiger charge is 2.14. The van der Waals surface area contributed by atoms with Crippen LogP contribution in [0.2, 0.25) is 0 Å². The standard InChI is InChI=1S/C23H24N4O2/c28-16-18-7-1-2-10-21(18)26-23(29)24-19-9-5-8-17(15-19)20-11-6-12-22(25-20)27-13-3-4-14-27/h1-2,5-12,15,28H,3-4,13-14,16H2,(H2,24,26,29). The second-order valence-corrected chi connectivity index (χ2v) is 7.05. The van der Waals surface area contributed by atoms with Gasteiger partial charge >= 0.3 is 6.03 Å². The predicted molar refractivity (Wildman–Crippen MR) is 116 cm³/mol. The number of rotatable bonds is 5. The number of anilines is 3. The monoisotopic (exact) mass is 388 g/mol. The average molecular weight is 388 g/mol. The van der Waals surface area contributed by atoms with Crippen LogP contribution in [0.25, 0.3) is 11.3 Å². The summed E-state index contributed by atoms with van der Waals surface area (Å²) in [5.41, 5.74) is 3.75. The Bertz CT molecular complexity index is 999. The summed E-state index contributed by atoms with van der Waals surface area (Å²) in [5.74, 6) is 0.997. The lowest BCUT2D eigenvalue weighted by Gasteiger charge is -2.17. The molecule has 2 aromatic carbocycles. The number of pyridine rings is 1.